The van der Waals surface area contributed by atoms with Crippen LogP contribution in [-0.2, 0) is 0 Å². The quantitative estimate of drug-likeness (QED) is 0.379. The average Bonchev–Trinajstić information content (AvgIpc) is 3.33. The summed E-state index contributed by atoms with van der Waals surface area (Å²) in [7, 11) is 0. The van der Waals surface area contributed by atoms with Gasteiger partial charge >= 0.3 is 0 Å². The van der Waals surface area contributed by atoms with E-state index in [-0.39, 0.29) is 5.91 Å². The fourth-order valence-corrected chi connectivity index (χ4v) is 3.77. The Balaban J connectivity index is 1.71. The second kappa shape index (κ2) is 7.40. The van der Waals surface area contributed by atoms with Crippen molar-refractivity contribution in [1.29, 1.82) is 0 Å². The summed E-state index contributed by atoms with van der Waals surface area (Å²) in [4.78, 5) is 19.9. The molecule has 3 aromatic heterocycles. The van der Waals surface area contributed by atoms with Crippen molar-refractivity contribution >= 4 is 33.9 Å². The van der Waals surface area contributed by atoms with Gasteiger partial charge in [0, 0.05) is 10.3 Å². The summed E-state index contributed by atoms with van der Waals surface area (Å²) in [6.07, 6.45) is 0. The van der Waals surface area contributed by atoms with E-state index in [9.17, 15) is 4.79 Å². The van der Waals surface area contributed by atoms with Gasteiger partial charge in [0.1, 0.15) is 17.2 Å². The van der Waals surface area contributed by atoms with Gasteiger partial charge in [-0.25, -0.2) is 10.4 Å². The number of carbonyl (C=O) groups is 1. The van der Waals surface area contributed by atoms with E-state index in [4.69, 9.17) is 9.40 Å². The van der Waals surface area contributed by atoms with Gasteiger partial charge in [0.05, 0.1) is 21.7 Å². The molecule has 0 aliphatic carbocycles. The number of pyridine rings is 1. The third kappa shape index (κ3) is 3.59. The zero-order valence-corrected chi connectivity index (χ0v) is 16.6. The predicted molar refractivity (Wildman–Crippen MR) is 113 cm³/mol. The topological polar surface area (TPSA) is 67.5 Å². The van der Waals surface area contributed by atoms with Crippen LogP contribution in [0.3, 0.4) is 0 Å². The summed E-state index contributed by atoms with van der Waals surface area (Å²) >= 11 is 1.65. The summed E-state index contributed by atoms with van der Waals surface area (Å²) < 4.78 is 5.54. The Kier molecular flexibility index (Phi) is 4.79. The Hall–Kier alpha value is -3.25. The second-order valence-corrected chi connectivity index (χ2v) is 7.82. The van der Waals surface area contributed by atoms with Crippen LogP contribution < -0.4 is 5.43 Å². The van der Waals surface area contributed by atoms with Crippen molar-refractivity contribution < 1.29 is 9.21 Å². The molecular formula is C22H19N3O2S. The molecule has 1 aromatic carbocycles. The fraction of sp³-hybridized carbons (Fsp3) is 0.136. The van der Waals surface area contributed by atoms with Gasteiger partial charge in [-0.3, -0.25) is 4.79 Å². The van der Waals surface area contributed by atoms with Crippen molar-refractivity contribution in [1.82, 2.24) is 10.4 Å². The number of furan rings is 1. The van der Waals surface area contributed by atoms with E-state index in [0.29, 0.717) is 17.0 Å². The number of hydrogen-bond donors (Lipinski definition) is 1. The summed E-state index contributed by atoms with van der Waals surface area (Å²) in [6.45, 7) is 5.71. The number of fused-ring (bicyclic) bond motifs is 1. The van der Waals surface area contributed by atoms with Crippen molar-refractivity contribution in [3.8, 4) is 10.6 Å². The van der Waals surface area contributed by atoms with Crippen LogP contribution in [-0.4, -0.2) is 16.6 Å². The number of benzene rings is 1. The van der Waals surface area contributed by atoms with Gasteiger partial charge in [0.2, 0.25) is 0 Å². The first-order chi connectivity index (χ1) is 13.5. The van der Waals surface area contributed by atoms with Crippen molar-refractivity contribution in [2.75, 3.05) is 0 Å². The lowest BCUT2D eigenvalue weighted by Crippen LogP contribution is -2.20. The molecule has 0 saturated carbocycles. The van der Waals surface area contributed by atoms with Gasteiger partial charge in [0.25, 0.3) is 5.91 Å². The molecule has 0 fully saturated rings. The Morgan fingerprint density at radius 1 is 1.11 bits per heavy atom. The first-order valence-corrected chi connectivity index (χ1v) is 9.71. The van der Waals surface area contributed by atoms with E-state index in [1.54, 1.807) is 18.3 Å². The molecule has 5 nitrogen and oxygen atoms in total. The van der Waals surface area contributed by atoms with E-state index in [2.05, 4.69) is 23.5 Å². The predicted octanol–water partition coefficient (Wildman–Crippen LogP) is 5.33. The summed E-state index contributed by atoms with van der Waals surface area (Å²) in [5.41, 5.74) is 5.35. The van der Waals surface area contributed by atoms with Crippen LogP contribution in [0.15, 0.2) is 64.1 Å². The first kappa shape index (κ1) is 18.1. The number of aromatic nitrogens is 1. The minimum absolute atomic E-state index is 0.282. The van der Waals surface area contributed by atoms with Crippen molar-refractivity contribution in [2.24, 2.45) is 5.10 Å². The van der Waals surface area contributed by atoms with Crippen molar-refractivity contribution in [3.05, 3.63) is 76.6 Å². The molecule has 0 unspecified atom stereocenters. The zero-order valence-electron chi connectivity index (χ0n) is 15.8. The number of thiophene rings is 1. The molecular weight excluding hydrogens is 370 g/mol. The van der Waals surface area contributed by atoms with E-state index >= 15 is 0 Å². The standard InChI is InChI=1S/C22H19N3O2S/c1-13-8-10-20(27-13)15(3)24-25-22(26)17-12-19(21-11-9-14(2)28-21)23-18-7-5-4-6-16(17)18/h4-12H,1-3H3,(H,25,26)/b24-15+. The van der Waals surface area contributed by atoms with E-state index in [0.717, 1.165) is 27.2 Å². The van der Waals surface area contributed by atoms with Crippen LogP contribution in [0.25, 0.3) is 21.5 Å². The van der Waals surface area contributed by atoms with Crippen molar-refractivity contribution in [2.45, 2.75) is 20.8 Å². The van der Waals surface area contributed by atoms with Gasteiger partial charge in [0.15, 0.2) is 0 Å². The maximum atomic E-state index is 12.9. The highest BCUT2D eigenvalue weighted by Gasteiger charge is 2.15. The molecule has 0 aliphatic heterocycles. The lowest BCUT2D eigenvalue weighted by atomic mass is 10.1. The van der Waals surface area contributed by atoms with Crippen molar-refractivity contribution in [3.63, 3.8) is 0 Å². The van der Waals surface area contributed by atoms with E-state index in [1.807, 2.05) is 55.5 Å². The number of rotatable bonds is 4. The number of hydrogen-bond acceptors (Lipinski definition) is 5. The number of hydrazone groups is 1. The van der Waals surface area contributed by atoms with Crippen LogP contribution in [0, 0.1) is 13.8 Å². The average molecular weight is 389 g/mol. The molecule has 0 saturated heterocycles. The number of nitrogens with zero attached hydrogens (tertiary/aromatic N) is 2. The zero-order chi connectivity index (χ0) is 19.7. The highest BCUT2D eigenvalue weighted by molar-refractivity contribution is 7.15. The molecule has 0 radical (unpaired) electrons. The molecule has 3 heterocycles. The smallest absolute Gasteiger partial charge is 0.272 e. The SMILES string of the molecule is C/C(=N\NC(=O)c1cc(-c2ccc(C)s2)nc2ccccc12)c1ccc(C)o1. The van der Waals surface area contributed by atoms with E-state index < -0.39 is 0 Å². The maximum Gasteiger partial charge on any atom is 0.272 e. The molecule has 0 spiro atoms. The van der Waals surface area contributed by atoms with Gasteiger partial charge in [-0.15, -0.1) is 11.3 Å². The summed E-state index contributed by atoms with van der Waals surface area (Å²) in [5, 5.41) is 4.99. The molecule has 6 heteroatoms. The van der Waals surface area contributed by atoms with Gasteiger partial charge in [-0.2, -0.15) is 5.10 Å². The monoisotopic (exact) mass is 389 g/mol. The Morgan fingerprint density at radius 3 is 2.64 bits per heavy atom. The highest BCUT2D eigenvalue weighted by atomic mass is 32.1. The number of carbonyl (C=O) groups excluding carboxylic acids is 1. The second-order valence-electron chi connectivity index (χ2n) is 6.53. The van der Waals surface area contributed by atoms with Crippen LogP contribution in [0.2, 0.25) is 0 Å². The number of para-hydroxylation sites is 1. The van der Waals surface area contributed by atoms with Gasteiger partial charge in [-0.1, -0.05) is 18.2 Å². The van der Waals surface area contributed by atoms with Gasteiger partial charge in [-0.05, 0) is 57.2 Å². The minimum atomic E-state index is -0.282. The molecule has 0 aliphatic rings. The number of aryl methyl sites for hydroxylation is 2. The molecule has 0 bridgehead atoms. The minimum Gasteiger partial charge on any atom is -0.460 e. The first-order valence-electron chi connectivity index (χ1n) is 8.89. The lowest BCUT2D eigenvalue weighted by molar-refractivity contribution is 0.0956. The summed E-state index contributed by atoms with van der Waals surface area (Å²) in [6, 6.07) is 17.2. The highest BCUT2D eigenvalue weighted by Crippen LogP contribution is 2.29. The Bertz CT molecular complexity index is 1200. The summed E-state index contributed by atoms with van der Waals surface area (Å²) in [5.74, 6) is 1.15. The maximum absolute atomic E-state index is 12.9. The largest absolute Gasteiger partial charge is 0.460 e. The van der Waals surface area contributed by atoms with Crippen LogP contribution in [0.4, 0.5) is 0 Å². The lowest BCUT2D eigenvalue weighted by Gasteiger charge is -2.08. The normalized spacial score (nSPS) is 11.8. The van der Waals surface area contributed by atoms with E-state index in [1.165, 1.54) is 4.88 Å². The Labute approximate surface area is 166 Å². The van der Waals surface area contributed by atoms with Gasteiger partial charge < -0.3 is 4.42 Å². The number of nitrogens with one attached hydrogen (secondary N) is 1. The third-order valence-corrected chi connectivity index (χ3v) is 5.40. The third-order valence-electron chi connectivity index (χ3n) is 4.38. The molecule has 1 amide bonds. The molecule has 1 N–H and O–H groups in total. The fourth-order valence-electron chi connectivity index (χ4n) is 2.94. The molecule has 28 heavy (non-hydrogen) atoms. The van der Waals surface area contributed by atoms with Crippen LogP contribution >= 0.6 is 11.3 Å². The molecule has 4 aromatic rings. The van der Waals surface area contributed by atoms with Crippen LogP contribution in [0.5, 0.6) is 0 Å². The molecule has 4 rings (SSSR count). The van der Waals surface area contributed by atoms with Crippen LogP contribution in [0.1, 0.15) is 33.7 Å². The molecule has 140 valence electrons. The Morgan fingerprint density at radius 2 is 1.93 bits per heavy atom. The number of amides is 1. The molecule has 0 atom stereocenters.